The molecule has 84 valence electrons. The Labute approximate surface area is 92.8 Å². The SMILES string of the molecule is N[C@H](c1cc(F)cc(Cl)c1Cl)C(F)(F)F. The van der Waals surface area contributed by atoms with Crippen LogP contribution in [0.3, 0.4) is 0 Å². The van der Waals surface area contributed by atoms with E-state index in [9.17, 15) is 17.6 Å². The number of rotatable bonds is 1. The smallest absolute Gasteiger partial charge is 0.316 e. The number of benzene rings is 1. The second-order valence-electron chi connectivity index (χ2n) is 2.81. The molecule has 0 spiro atoms. The van der Waals surface area contributed by atoms with Gasteiger partial charge in [-0.05, 0) is 12.1 Å². The highest BCUT2D eigenvalue weighted by Gasteiger charge is 2.39. The monoisotopic (exact) mass is 261 g/mol. The summed E-state index contributed by atoms with van der Waals surface area (Å²) in [5, 5.41) is -0.686. The summed E-state index contributed by atoms with van der Waals surface area (Å²) in [6, 6.07) is -0.916. The zero-order valence-corrected chi connectivity index (χ0v) is 8.59. The van der Waals surface area contributed by atoms with Crippen molar-refractivity contribution < 1.29 is 17.6 Å². The van der Waals surface area contributed by atoms with Crippen molar-refractivity contribution in [3.8, 4) is 0 Å². The van der Waals surface area contributed by atoms with Gasteiger partial charge in [-0.25, -0.2) is 4.39 Å². The Morgan fingerprint density at radius 1 is 1.20 bits per heavy atom. The lowest BCUT2D eigenvalue weighted by atomic mass is 10.1. The van der Waals surface area contributed by atoms with Crippen LogP contribution in [0.15, 0.2) is 12.1 Å². The van der Waals surface area contributed by atoms with E-state index in [4.69, 9.17) is 28.9 Å². The van der Waals surface area contributed by atoms with Crippen molar-refractivity contribution in [2.75, 3.05) is 0 Å². The van der Waals surface area contributed by atoms with E-state index in [1.165, 1.54) is 0 Å². The summed E-state index contributed by atoms with van der Waals surface area (Å²) < 4.78 is 49.5. The van der Waals surface area contributed by atoms with E-state index < -0.39 is 23.6 Å². The Hall–Kier alpha value is -0.520. The van der Waals surface area contributed by atoms with Gasteiger partial charge in [0.2, 0.25) is 0 Å². The van der Waals surface area contributed by atoms with E-state index in [0.717, 1.165) is 6.07 Å². The van der Waals surface area contributed by atoms with Crippen LogP contribution in [0.5, 0.6) is 0 Å². The molecule has 0 unspecified atom stereocenters. The van der Waals surface area contributed by atoms with Gasteiger partial charge in [-0.2, -0.15) is 13.2 Å². The van der Waals surface area contributed by atoms with Gasteiger partial charge in [0, 0.05) is 5.56 Å². The van der Waals surface area contributed by atoms with E-state index in [1.807, 2.05) is 0 Å². The average Bonchev–Trinajstić information content (AvgIpc) is 2.08. The minimum absolute atomic E-state index is 0.300. The van der Waals surface area contributed by atoms with Gasteiger partial charge in [-0.1, -0.05) is 23.2 Å². The average molecular weight is 262 g/mol. The first-order chi connectivity index (χ1) is 6.73. The van der Waals surface area contributed by atoms with Crippen LogP contribution in [-0.2, 0) is 0 Å². The first kappa shape index (κ1) is 12.5. The van der Waals surface area contributed by atoms with Crippen molar-refractivity contribution in [2.45, 2.75) is 12.2 Å². The highest BCUT2D eigenvalue weighted by atomic mass is 35.5. The fourth-order valence-corrected chi connectivity index (χ4v) is 1.42. The molecule has 0 saturated carbocycles. The van der Waals surface area contributed by atoms with Crippen LogP contribution in [0.25, 0.3) is 0 Å². The molecule has 0 aliphatic carbocycles. The van der Waals surface area contributed by atoms with Gasteiger partial charge in [0.1, 0.15) is 11.9 Å². The number of hydrogen-bond donors (Lipinski definition) is 1. The third-order valence-corrected chi connectivity index (χ3v) is 2.53. The van der Waals surface area contributed by atoms with E-state index >= 15 is 0 Å². The summed E-state index contributed by atoms with van der Waals surface area (Å²) in [4.78, 5) is 0. The first-order valence-electron chi connectivity index (χ1n) is 3.70. The molecule has 0 bridgehead atoms. The van der Waals surface area contributed by atoms with E-state index in [1.54, 1.807) is 0 Å². The summed E-state index contributed by atoms with van der Waals surface area (Å²) in [7, 11) is 0. The minimum atomic E-state index is -4.69. The molecule has 0 heterocycles. The molecule has 7 heteroatoms. The molecule has 0 aromatic heterocycles. The molecule has 0 aliphatic rings. The number of hydrogen-bond acceptors (Lipinski definition) is 1. The van der Waals surface area contributed by atoms with Crippen molar-refractivity contribution in [2.24, 2.45) is 5.73 Å². The van der Waals surface area contributed by atoms with Gasteiger partial charge in [-0.3, -0.25) is 0 Å². The fraction of sp³-hybridized carbons (Fsp3) is 0.250. The topological polar surface area (TPSA) is 26.0 Å². The maximum Gasteiger partial charge on any atom is 0.407 e. The van der Waals surface area contributed by atoms with Crippen LogP contribution in [0.1, 0.15) is 11.6 Å². The van der Waals surface area contributed by atoms with Gasteiger partial charge in [-0.15, -0.1) is 0 Å². The van der Waals surface area contributed by atoms with E-state index in [-0.39, 0.29) is 10.0 Å². The second-order valence-corrected chi connectivity index (χ2v) is 3.60. The maximum absolute atomic E-state index is 12.8. The summed E-state index contributed by atoms with van der Waals surface area (Å²) in [6.45, 7) is 0. The van der Waals surface area contributed by atoms with Crippen LogP contribution in [-0.4, -0.2) is 6.18 Å². The Kier molecular flexibility index (Phi) is 3.48. The Bertz CT molecular complexity index is 378. The van der Waals surface area contributed by atoms with Gasteiger partial charge in [0.15, 0.2) is 0 Å². The predicted molar refractivity (Wildman–Crippen MR) is 49.4 cm³/mol. The molecule has 1 atom stereocenters. The van der Waals surface area contributed by atoms with Crippen molar-refractivity contribution in [1.29, 1.82) is 0 Å². The third kappa shape index (κ3) is 2.74. The van der Waals surface area contributed by atoms with Crippen LogP contribution in [0.2, 0.25) is 10.0 Å². The lowest BCUT2D eigenvalue weighted by Crippen LogP contribution is -2.28. The molecule has 0 radical (unpaired) electrons. The van der Waals surface area contributed by atoms with Crippen molar-refractivity contribution in [3.63, 3.8) is 0 Å². The molecule has 1 aromatic rings. The summed E-state index contributed by atoms with van der Waals surface area (Å²) in [5.41, 5.74) is 4.30. The quantitative estimate of drug-likeness (QED) is 0.606. The highest BCUT2D eigenvalue weighted by molar-refractivity contribution is 6.42. The van der Waals surface area contributed by atoms with Gasteiger partial charge in [0.05, 0.1) is 10.0 Å². The summed E-state index contributed by atoms with van der Waals surface area (Å²) in [6.07, 6.45) is -4.69. The fourth-order valence-electron chi connectivity index (χ4n) is 0.979. The standard InChI is InChI=1S/C8H5Cl2F4N/c9-5-2-3(11)1-4(6(5)10)7(15)8(12,13)14/h1-2,7H,15H2/t7-/m1/s1. The van der Waals surface area contributed by atoms with E-state index in [2.05, 4.69) is 0 Å². The highest BCUT2D eigenvalue weighted by Crippen LogP contribution is 2.37. The zero-order valence-electron chi connectivity index (χ0n) is 7.08. The van der Waals surface area contributed by atoms with Crippen LogP contribution >= 0.6 is 23.2 Å². The summed E-state index contributed by atoms with van der Waals surface area (Å²) in [5.74, 6) is -0.918. The van der Waals surface area contributed by atoms with Crippen molar-refractivity contribution in [3.05, 3.63) is 33.6 Å². The molecule has 1 aromatic carbocycles. The third-order valence-electron chi connectivity index (χ3n) is 1.71. The van der Waals surface area contributed by atoms with Gasteiger partial charge < -0.3 is 5.73 Å². The molecule has 1 rings (SSSR count). The van der Waals surface area contributed by atoms with E-state index in [0.29, 0.717) is 6.07 Å². The lowest BCUT2D eigenvalue weighted by Gasteiger charge is -2.17. The Morgan fingerprint density at radius 3 is 2.20 bits per heavy atom. The molecule has 0 saturated heterocycles. The Morgan fingerprint density at radius 2 is 1.73 bits per heavy atom. The number of alkyl halides is 3. The Balaban J connectivity index is 3.25. The van der Waals surface area contributed by atoms with Gasteiger partial charge in [0.25, 0.3) is 0 Å². The largest absolute Gasteiger partial charge is 0.407 e. The molecule has 1 nitrogen and oxygen atoms in total. The zero-order chi connectivity index (χ0) is 11.8. The maximum atomic E-state index is 12.8. The lowest BCUT2D eigenvalue weighted by molar-refractivity contribution is -0.149. The number of nitrogens with two attached hydrogens (primary N) is 1. The second kappa shape index (κ2) is 4.15. The van der Waals surface area contributed by atoms with Crippen molar-refractivity contribution >= 4 is 23.2 Å². The van der Waals surface area contributed by atoms with Crippen molar-refractivity contribution in [1.82, 2.24) is 0 Å². The van der Waals surface area contributed by atoms with Crippen LogP contribution in [0, 0.1) is 5.82 Å². The molecule has 0 fully saturated rings. The first-order valence-corrected chi connectivity index (χ1v) is 4.46. The minimum Gasteiger partial charge on any atom is -0.316 e. The normalized spacial score (nSPS) is 14.1. The molecule has 0 aliphatic heterocycles. The molecule has 0 amide bonds. The van der Waals surface area contributed by atoms with Crippen LogP contribution in [0.4, 0.5) is 17.6 Å². The molecule has 2 N–H and O–H groups in total. The molecule has 15 heavy (non-hydrogen) atoms. The van der Waals surface area contributed by atoms with Gasteiger partial charge >= 0.3 is 6.18 Å². The predicted octanol–water partition coefficient (Wildman–Crippen LogP) is 3.69. The molecular formula is C8H5Cl2F4N. The number of halogens is 6. The van der Waals surface area contributed by atoms with Crippen LogP contribution < -0.4 is 5.73 Å². The molecular weight excluding hydrogens is 257 g/mol. The summed E-state index contributed by atoms with van der Waals surface area (Å²) >= 11 is 10.9.